The highest BCUT2D eigenvalue weighted by Gasteiger charge is 2.47. The van der Waals surface area contributed by atoms with Crippen LogP contribution in [0, 0.1) is 6.92 Å². The molecule has 5 heteroatoms. The third kappa shape index (κ3) is 3.51. The summed E-state index contributed by atoms with van der Waals surface area (Å²) >= 11 is 0. The fourth-order valence-electron chi connectivity index (χ4n) is 4.26. The highest BCUT2D eigenvalue weighted by Crippen LogP contribution is 2.52. The van der Waals surface area contributed by atoms with Crippen molar-refractivity contribution in [2.75, 3.05) is 0 Å². The van der Waals surface area contributed by atoms with Gasteiger partial charge in [-0.05, 0) is 35.7 Å². The van der Waals surface area contributed by atoms with E-state index in [0.29, 0.717) is 5.57 Å². The summed E-state index contributed by atoms with van der Waals surface area (Å²) < 4.78 is 27.7. The van der Waals surface area contributed by atoms with Crippen molar-refractivity contribution >= 4 is 15.4 Å². The Labute approximate surface area is 193 Å². The van der Waals surface area contributed by atoms with Crippen molar-refractivity contribution in [2.45, 2.75) is 17.4 Å². The van der Waals surface area contributed by atoms with Gasteiger partial charge in [0.25, 0.3) is 0 Å². The van der Waals surface area contributed by atoms with Gasteiger partial charge in [-0.25, -0.2) is 8.42 Å². The van der Waals surface area contributed by atoms with E-state index >= 15 is 0 Å². The first-order chi connectivity index (χ1) is 16.0. The molecule has 0 radical (unpaired) electrons. The summed E-state index contributed by atoms with van der Waals surface area (Å²) in [5.74, 6) is 0. The van der Waals surface area contributed by atoms with Gasteiger partial charge >= 0.3 is 0 Å². The van der Waals surface area contributed by atoms with Crippen molar-refractivity contribution in [3.8, 4) is 0 Å². The van der Waals surface area contributed by atoms with Crippen LogP contribution < -0.4 is 0 Å². The van der Waals surface area contributed by atoms with Crippen LogP contribution in [0.2, 0.25) is 0 Å². The zero-order valence-corrected chi connectivity index (χ0v) is 18.9. The second-order valence-corrected chi connectivity index (χ2v) is 9.87. The van der Waals surface area contributed by atoms with Gasteiger partial charge in [0.1, 0.15) is 0 Å². The minimum Gasteiger partial charge on any atom is -0.217 e. The van der Waals surface area contributed by atoms with Crippen LogP contribution in [0.1, 0.15) is 22.3 Å². The smallest absolute Gasteiger partial charge is 0.217 e. The lowest BCUT2D eigenvalue weighted by molar-refractivity contribution is 0.601. The van der Waals surface area contributed by atoms with Crippen molar-refractivity contribution in [3.05, 3.63) is 143 Å². The van der Waals surface area contributed by atoms with Crippen LogP contribution in [-0.2, 0) is 15.4 Å². The maximum atomic E-state index is 13.9. The number of benzene rings is 4. The molecule has 162 valence electrons. The van der Waals surface area contributed by atoms with E-state index in [1.54, 1.807) is 24.3 Å². The fourth-order valence-corrected chi connectivity index (χ4v) is 5.66. The Morgan fingerprint density at radius 2 is 1.12 bits per heavy atom. The summed E-state index contributed by atoms with van der Waals surface area (Å²) in [6.07, 6.45) is 0. The lowest BCUT2D eigenvalue weighted by atomic mass is 9.75. The summed E-state index contributed by atoms with van der Waals surface area (Å²) in [6.45, 7) is 1.93. The average molecular weight is 451 g/mol. The van der Waals surface area contributed by atoms with Crippen molar-refractivity contribution in [1.29, 1.82) is 0 Å². The number of hydrogen-bond donors (Lipinski definition) is 0. The molecule has 0 N–H and O–H groups in total. The van der Waals surface area contributed by atoms with Gasteiger partial charge in [-0.15, -0.1) is 5.11 Å². The highest BCUT2D eigenvalue weighted by molar-refractivity contribution is 7.95. The summed E-state index contributed by atoms with van der Waals surface area (Å²) in [5, 5.41) is 9.09. The molecule has 0 atom stereocenters. The molecule has 0 amide bonds. The maximum absolute atomic E-state index is 13.9. The maximum Gasteiger partial charge on any atom is 0.226 e. The molecule has 4 nitrogen and oxygen atoms in total. The molecular weight excluding hydrogens is 428 g/mol. The summed E-state index contributed by atoms with van der Waals surface area (Å²) in [7, 11) is -3.92. The van der Waals surface area contributed by atoms with E-state index in [4.69, 9.17) is 5.11 Å². The third-order valence-corrected chi connectivity index (χ3v) is 7.59. The Bertz CT molecular complexity index is 1400. The van der Waals surface area contributed by atoms with Gasteiger partial charge in [0.15, 0.2) is 10.6 Å². The lowest BCUT2D eigenvalue weighted by Crippen LogP contribution is -2.26. The van der Waals surface area contributed by atoms with Crippen LogP contribution in [0.3, 0.4) is 0 Å². The molecule has 4 aromatic carbocycles. The van der Waals surface area contributed by atoms with E-state index in [1.807, 2.05) is 97.9 Å². The molecule has 4 aromatic rings. The van der Waals surface area contributed by atoms with Gasteiger partial charge in [-0.2, -0.15) is 5.11 Å². The molecule has 0 bridgehead atoms. The van der Waals surface area contributed by atoms with Crippen LogP contribution in [0.15, 0.2) is 135 Å². The van der Waals surface area contributed by atoms with Crippen molar-refractivity contribution in [2.24, 2.45) is 10.2 Å². The van der Waals surface area contributed by atoms with Crippen molar-refractivity contribution in [1.82, 2.24) is 0 Å². The monoisotopic (exact) mass is 450 g/mol. The van der Waals surface area contributed by atoms with Crippen LogP contribution in [0.4, 0.5) is 0 Å². The number of azo groups is 1. The van der Waals surface area contributed by atoms with Gasteiger partial charge in [0.05, 0.1) is 4.90 Å². The quantitative estimate of drug-likeness (QED) is 0.346. The predicted octanol–water partition coefficient (Wildman–Crippen LogP) is 6.55. The molecule has 0 aromatic heterocycles. The number of aryl methyl sites for hydroxylation is 1. The first kappa shape index (κ1) is 21.0. The van der Waals surface area contributed by atoms with Gasteiger partial charge in [-0.1, -0.05) is 109 Å². The standard InChI is InChI=1S/C28H22N2O2S/c1-21-17-19-25(20-18-21)33(31,32)27-26(22-11-5-2-6-12-22)28(30-29-27,23-13-7-3-8-14-23)24-15-9-4-10-16-24/h2-20H,1H3. The Kier molecular flexibility index (Phi) is 5.27. The molecule has 33 heavy (non-hydrogen) atoms. The summed E-state index contributed by atoms with van der Waals surface area (Å²) in [5.41, 5.74) is 2.93. The summed E-state index contributed by atoms with van der Waals surface area (Å²) in [4.78, 5) is 0.201. The second kappa shape index (κ2) is 8.26. The Morgan fingerprint density at radius 1 is 0.636 bits per heavy atom. The van der Waals surface area contributed by atoms with E-state index in [9.17, 15) is 8.42 Å². The normalized spacial score (nSPS) is 15.1. The van der Waals surface area contributed by atoms with E-state index < -0.39 is 15.4 Å². The zero-order chi connectivity index (χ0) is 22.9. The van der Waals surface area contributed by atoms with Crippen LogP contribution >= 0.6 is 0 Å². The Hall–Kier alpha value is -3.83. The molecule has 0 unspecified atom stereocenters. The van der Waals surface area contributed by atoms with Gasteiger partial charge in [0, 0.05) is 5.57 Å². The van der Waals surface area contributed by atoms with Gasteiger partial charge < -0.3 is 0 Å². The molecule has 5 rings (SSSR count). The minimum atomic E-state index is -3.92. The topological polar surface area (TPSA) is 58.9 Å². The molecule has 0 fully saturated rings. The van der Waals surface area contributed by atoms with E-state index in [2.05, 4.69) is 5.11 Å². The molecular formula is C28H22N2O2S. The van der Waals surface area contributed by atoms with Gasteiger partial charge in [-0.3, -0.25) is 0 Å². The van der Waals surface area contributed by atoms with Gasteiger partial charge in [0.2, 0.25) is 9.84 Å². The van der Waals surface area contributed by atoms with Crippen molar-refractivity contribution < 1.29 is 8.42 Å². The minimum absolute atomic E-state index is 0.0229. The van der Waals surface area contributed by atoms with Crippen LogP contribution in [-0.4, -0.2) is 8.42 Å². The molecule has 0 saturated heterocycles. The first-order valence-corrected chi connectivity index (χ1v) is 12.2. The Balaban J connectivity index is 1.87. The Morgan fingerprint density at radius 3 is 1.64 bits per heavy atom. The first-order valence-electron chi connectivity index (χ1n) is 10.7. The number of rotatable bonds is 5. The molecule has 1 aliphatic rings. The molecule has 1 aliphatic heterocycles. The highest BCUT2D eigenvalue weighted by atomic mass is 32.2. The lowest BCUT2D eigenvalue weighted by Gasteiger charge is -2.30. The number of nitrogens with zero attached hydrogens (tertiary/aromatic N) is 2. The number of sulfone groups is 1. The average Bonchev–Trinajstić information content (AvgIpc) is 3.28. The number of hydrogen-bond acceptors (Lipinski definition) is 4. The zero-order valence-electron chi connectivity index (χ0n) is 18.1. The largest absolute Gasteiger partial charge is 0.226 e. The SMILES string of the molecule is Cc1ccc(S(=O)(=O)C2=C(c3ccccc3)C(c3ccccc3)(c3ccccc3)N=N2)cc1. The van der Waals surface area contributed by atoms with E-state index in [-0.39, 0.29) is 9.92 Å². The molecule has 1 heterocycles. The van der Waals surface area contributed by atoms with Crippen molar-refractivity contribution in [3.63, 3.8) is 0 Å². The second-order valence-electron chi connectivity index (χ2n) is 8.01. The molecule has 0 aliphatic carbocycles. The van der Waals surface area contributed by atoms with E-state index in [1.165, 1.54) is 0 Å². The van der Waals surface area contributed by atoms with Crippen LogP contribution in [0.5, 0.6) is 0 Å². The molecule has 0 saturated carbocycles. The fraction of sp³-hybridized carbons (Fsp3) is 0.0714. The van der Waals surface area contributed by atoms with Crippen LogP contribution in [0.25, 0.3) is 5.57 Å². The predicted molar refractivity (Wildman–Crippen MR) is 130 cm³/mol. The summed E-state index contributed by atoms with van der Waals surface area (Å²) in [6, 6.07) is 35.9. The van der Waals surface area contributed by atoms with E-state index in [0.717, 1.165) is 22.3 Å². The third-order valence-electron chi connectivity index (χ3n) is 5.90. The molecule has 0 spiro atoms.